The molecule has 0 amide bonds. The third kappa shape index (κ3) is 8.63. The maximum Gasteiger partial charge on any atom is 0.191 e. The van der Waals surface area contributed by atoms with Crippen LogP contribution in [0.4, 0.5) is 0 Å². The molecule has 1 aliphatic carbocycles. The summed E-state index contributed by atoms with van der Waals surface area (Å²) in [6.07, 6.45) is 3.67. The van der Waals surface area contributed by atoms with Gasteiger partial charge in [-0.3, -0.25) is 4.90 Å². The van der Waals surface area contributed by atoms with Gasteiger partial charge >= 0.3 is 0 Å². The maximum atomic E-state index is 5.41. The minimum atomic E-state index is 0.644. The molecule has 2 N–H and O–H groups in total. The van der Waals surface area contributed by atoms with Crippen LogP contribution in [0.15, 0.2) is 29.3 Å². The molecular formula is C21H36N4O2. The van der Waals surface area contributed by atoms with Gasteiger partial charge in [0.15, 0.2) is 5.96 Å². The van der Waals surface area contributed by atoms with Crippen LogP contribution in [-0.2, 0) is 11.3 Å². The molecule has 2 rings (SSSR count). The number of hydrogen-bond acceptors (Lipinski definition) is 4. The highest BCUT2D eigenvalue weighted by Gasteiger charge is 2.27. The second-order valence-electron chi connectivity index (χ2n) is 6.78. The van der Waals surface area contributed by atoms with Crippen molar-refractivity contribution in [2.75, 3.05) is 46.5 Å². The molecule has 6 heteroatoms. The lowest BCUT2D eigenvalue weighted by Crippen LogP contribution is -2.42. The van der Waals surface area contributed by atoms with E-state index < -0.39 is 0 Å². The number of ether oxygens (including phenoxy) is 2. The van der Waals surface area contributed by atoms with Crippen LogP contribution in [0, 0.1) is 0 Å². The smallest absolute Gasteiger partial charge is 0.191 e. The van der Waals surface area contributed by atoms with Crippen LogP contribution in [0.1, 0.15) is 38.7 Å². The van der Waals surface area contributed by atoms with E-state index in [9.17, 15) is 0 Å². The number of aliphatic imine (C=N–C) groups is 1. The van der Waals surface area contributed by atoms with Gasteiger partial charge in [-0.15, -0.1) is 0 Å². The second-order valence-corrected chi connectivity index (χ2v) is 6.78. The van der Waals surface area contributed by atoms with Gasteiger partial charge in [0.05, 0.1) is 13.7 Å². The highest BCUT2D eigenvalue weighted by Crippen LogP contribution is 2.25. The number of benzene rings is 1. The molecule has 1 saturated carbocycles. The Labute approximate surface area is 164 Å². The van der Waals surface area contributed by atoms with Crippen LogP contribution in [-0.4, -0.2) is 63.4 Å². The van der Waals surface area contributed by atoms with Gasteiger partial charge in [-0.05, 0) is 50.4 Å². The summed E-state index contributed by atoms with van der Waals surface area (Å²) in [7, 11) is 1.68. The van der Waals surface area contributed by atoms with Crippen molar-refractivity contribution in [3.05, 3.63) is 29.8 Å². The molecule has 27 heavy (non-hydrogen) atoms. The van der Waals surface area contributed by atoms with E-state index in [1.54, 1.807) is 7.11 Å². The molecule has 0 aliphatic heterocycles. The predicted molar refractivity (Wildman–Crippen MR) is 112 cm³/mol. The van der Waals surface area contributed by atoms with Gasteiger partial charge in [0.2, 0.25) is 0 Å². The molecule has 1 aromatic carbocycles. The van der Waals surface area contributed by atoms with Crippen molar-refractivity contribution in [1.82, 2.24) is 15.5 Å². The molecule has 0 aromatic heterocycles. The maximum absolute atomic E-state index is 5.41. The highest BCUT2D eigenvalue weighted by atomic mass is 16.5. The minimum Gasteiger partial charge on any atom is -0.497 e. The Bertz CT molecular complexity index is 544. The molecule has 0 saturated heterocycles. The number of likely N-dealkylation sites (N-methyl/N-ethyl adjacent to an activating group) is 1. The van der Waals surface area contributed by atoms with E-state index in [2.05, 4.69) is 34.6 Å². The molecule has 0 atom stereocenters. The lowest BCUT2D eigenvalue weighted by molar-refractivity contribution is 0.145. The quantitative estimate of drug-likeness (QED) is 0.315. The Kier molecular flexibility index (Phi) is 10.0. The number of methoxy groups -OCH3 is 1. The fourth-order valence-electron chi connectivity index (χ4n) is 2.96. The molecule has 0 radical (unpaired) electrons. The predicted octanol–water partition coefficient (Wildman–Crippen LogP) is 2.64. The van der Waals surface area contributed by atoms with Gasteiger partial charge in [0.25, 0.3) is 0 Å². The van der Waals surface area contributed by atoms with Crippen LogP contribution < -0.4 is 15.4 Å². The molecule has 1 aliphatic rings. The van der Waals surface area contributed by atoms with E-state index in [1.165, 1.54) is 18.4 Å². The summed E-state index contributed by atoms with van der Waals surface area (Å²) >= 11 is 0. The Morgan fingerprint density at radius 1 is 1.15 bits per heavy atom. The van der Waals surface area contributed by atoms with Crippen LogP contribution in [0.25, 0.3) is 0 Å². The average Bonchev–Trinajstić information content (AvgIpc) is 3.54. The van der Waals surface area contributed by atoms with E-state index in [1.807, 2.05) is 19.1 Å². The summed E-state index contributed by atoms with van der Waals surface area (Å²) in [5.41, 5.74) is 1.17. The molecule has 0 heterocycles. The molecule has 1 fully saturated rings. The summed E-state index contributed by atoms with van der Waals surface area (Å²) in [6.45, 7) is 10.4. The molecule has 6 nitrogen and oxygen atoms in total. The lowest BCUT2D eigenvalue weighted by atomic mass is 10.2. The van der Waals surface area contributed by atoms with Crippen molar-refractivity contribution in [2.24, 2.45) is 4.99 Å². The molecule has 0 spiro atoms. The molecule has 0 unspecified atom stereocenters. The number of nitrogens with zero attached hydrogens (tertiary/aromatic N) is 2. The molecule has 152 valence electrons. The zero-order chi connectivity index (χ0) is 19.3. The summed E-state index contributed by atoms with van der Waals surface area (Å²) in [5.74, 6) is 1.74. The van der Waals surface area contributed by atoms with Crippen molar-refractivity contribution in [3.8, 4) is 5.75 Å². The van der Waals surface area contributed by atoms with Crippen molar-refractivity contribution in [1.29, 1.82) is 0 Å². The van der Waals surface area contributed by atoms with Crippen molar-refractivity contribution in [3.63, 3.8) is 0 Å². The first-order valence-electron chi connectivity index (χ1n) is 10.2. The molecule has 0 bridgehead atoms. The normalized spacial score (nSPS) is 14.4. The first-order valence-corrected chi connectivity index (χ1v) is 10.2. The van der Waals surface area contributed by atoms with Crippen molar-refractivity contribution < 1.29 is 9.47 Å². The van der Waals surface area contributed by atoms with Crippen LogP contribution >= 0.6 is 0 Å². The Balaban J connectivity index is 1.82. The largest absolute Gasteiger partial charge is 0.497 e. The standard InChI is InChI=1S/C21H36N4O2/c1-4-25(19-9-10-19)15-14-23-21(22-13-6-16-27-5-2)24-17-18-7-11-20(26-3)12-8-18/h7-8,11-12,19H,4-6,9-10,13-17H2,1-3H3,(H2,22,23,24). The zero-order valence-corrected chi connectivity index (χ0v) is 17.2. The first-order chi connectivity index (χ1) is 13.3. The fraction of sp³-hybridized carbons (Fsp3) is 0.667. The Morgan fingerprint density at radius 3 is 2.52 bits per heavy atom. The lowest BCUT2D eigenvalue weighted by Gasteiger charge is -2.21. The summed E-state index contributed by atoms with van der Waals surface area (Å²) in [6, 6.07) is 8.86. The second kappa shape index (κ2) is 12.6. The third-order valence-corrected chi connectivity index (χ3v) is 4.70. The zero-order valence-electron chi connectivity index (χ0n) is 17.2. The number of rotatable bonds is 13. The fourth-order valence-corrected chi connectivity index (χ4v) is 2.96. The Morgan fingerprint density at radius 2 is 1.89 bits per heavy atom. The van der Waals surface area contributed by atoms with Crippen LogP contribution in [0.2, 0.25) is 0 Å². The van der Waals surface area contributed by atoms with Gasteiger partial charge in [-0.1, -0.05) is 19.1 Å². The summed E-state index contributed by atoms with van der Waals surface area (Å²) in [4.78, 5) is 7.29. The van der Waals surface area contributed by atoms with Crippen LogP contribution in [0.3, 0.4) is 0 Å². The molecule has 1 aromatic rings. The van der Waals surface area contributed by atoms with E-state index in [-0.39, 0.29) is 0 Å². The highest BCUT2D eigenvalue weighted by molar-refractivity contribution is 5.79. The SMILES string of the molecule is CCOCCCNC(=NCc1ccc(OC)cc1)NCCN(CC)C1CC1. The van der Waals surface area contributed by atoms with E-state index in [0.717, 1.165) is 63.6 Å². The monoisotopic (exact) mass is 376 g/mol. The van der Waals surface area contributed by atoms with E-state index in [4.69, 9.17) is 14.5 Å². The number of hydrogen-bond donors (Lipinski definition) is 2. The minimum absolute atomic E-state index is 0.644. The van der Waals surface area contributed by atoms with Gasteiger partial charge in [-0.2, -0.15) is 0 Å². The summed E-state index contributed by atoms with van der Waals surface area (Å²) in [5, 5.41) is 6.91. The van der Waals surface area contributed by atoms with Crippen LogP contribution in [0.5, 0.6) is 5.75 Å². The third-order valence-electron chi connectivity index (χ3n) is 4.70. The van der Waals surface area contributed by atoms with Crippen molar-refractivity contribution >= 4 is 5.96 Å². The number of nitrogens with one attached hydrogen (secondary N) is 2. The first kappa shape index (κ1) is 21.5. The average molecular weight is 377 g/mol. The van der Waals surface area contributed by atoms with Crippen molar-refractivity contribution in [2.45, 2.75) is 45.7 Å². The van der Waals surface area contributed by atoms with Gasteiger partial charge < -0.3 is 20.1 Å². The van der Waals surface area contributed by atoms with Gasteiger partial charge in [0.1, 0.15) is 5.75 Å². The van der Waals surface area contributed by atoms with Gasteiger partial charge in [-0.25, -0.2) is 4.99 Å². The van der Waals surface area contributed by atoms with Gasteiger partial charge in [0, 0.05) is 38.9 Å². The number of guanidine groups is 1. The molecular weight excluding hydrogens is 340 g/mol. The topological polar surface area (TPSA) is 58.1 Å². The van der Waals surface area contributed by atoms with E-state index in [0.29, 0.717) is 6.54 Å². The Hall–Kier alpha value is -1.79. The summed E-state index contributed by atoms with van der Waals surface area (Å²) < 4.78 is 10.6. The van der Waals surface area contributed by atoms with E-state index >= 15 is 0 Å².